The van der Waals surface area contributed by atoms with E-state index in [0.29, 0.717) is 13.1 Å². The lowest BCUT2D eigenvalue weighted by atomic mass is 10.3. The largest absolute Gasteiger partial charge is 0.342 e. The maximum absolute atomic E-state index is 12.3. The Morgan fingerprint density at radius 2 is 1.83 bits per heavy atom. The Balaban J connectivity index is 1.47. The maximum Gasteiger partial charge on any atom is 0.246 e. The molecular weight excluding hydrogens is 324 g/mol. The standard InChI is InChI=1S/C17H24N4O2S/c22-16(5-4-15-13-24-14-18-15)21-9-3-6-19(10-11-21)12-17(23)20-7-1-2-8-20/h4-5,13-14H,1-3,6-12H2/b5-4+. The van der Waals surface area contributed by atoms with Crippen molar-refractivity contribution in [3.05, 3.63) is 22.7 Å². The van der Waals surface area contributed by atoms with Crippen LogP contribution in [0.2, 0.25) is 0 Å². The van der Waals surface area contributed by atoms with Crippen LogP contribution in [-0.2, 0) is 9.59 Å². The smallest absolute Gasteiger partial charge is 0.246 e. The van der Waals surface area contributed by atoms with Crippen molar-refractivity contribution in [1.82, 2.24) is 19.7 Å². The molecule has 2 aliphatic heterocycles. The molecule has 6 nitrogen and oxygen atoms in total. The van der Waals surface area contributed by atoms with Gasteiger partial charge >= 0.3 is 0 Å². The zero-order valence-electron chi connectivity index (χ0n) is 13.9. The first kappa shape index (κ1) is 17.1. The molecule has 7 heteroatoms. The van der Waals surface area contributed by atoms with Gasteiger partial charge in [-0.1, -0.05) is 0 Å². The fraction of sp³-hybridized carbons (Fsp3) is 0.588. The van der Waals surface area contributed by atoms with E-state index in [2.05, 4.69) is 9.88 Å². The third-order valence-electron chi connectivity index (χ3n) is 4.57. The third kappa shape index (κ3) is 4.64. The molecule has 2 aliphatic rings. The van der Waals surface area contributed by atoms with Crippen LogP contribution in [0.5, 0.6) is 0 Å². The average molecular weight is 348 g/mol. The molecule has 1 aromatic heterocycles. The molecule has 0 bridgehead atoms. The quantitative estimate of drug-likeness (QED) is 0.770. The highest BCUT2D eigenvalue weighted by atomic mass is 32.1. The summed E-state index contributed by atoms with van der Waals surface area (Å²) >= 11 is 1.52. The van der Waals surface area contributed by atoms with Crippen LogP contribution in [-0.4, -0.2) is 77.3 Å². The van der Waals surface area contributed by atoms with Crippen LogP contribution in [0.4, 0.5) is 0 Å². The lowest BCUT2D eigenvalue weighted by Gasteiger charge is -2.23. The summed E-state index contributed by atoms with van der Waals surface area (Å²) in [4.78, 5) is 34.7. The Bertz CT molecular complexity index is 581. The molecule has 0 radical (unpaired) electrons. The zero-order valence-corrected chi connectivity index (χ0v) is 14.7. The Kier molecular flexibility index (Phi) is 5.98. The first-order chi connectivity index (χ1) is 11.7. The van der Waals surface area contributed by atoms with Crippen molar-refractivity contribution in [2.75, 3.05) is 45.8 Å². The van der Waals surface area contributed by atoms with E-state index in [9.17, 15) is 9.59 Å². The normalized spacial score (nSPS) is 19.8. The maximum atomic E-state index is 12.3. The molecule has 2 fully saturated rings. The van der Waals surface area contributed by atoms with E-state index in [1.54, 1.807) is 17.7 Å². The lowest BCUT2D eigenvalue weighted by Crippen LogP contribution is -2.41. The Hall–Kier alpha value is -1.73. The summed E-state index contributed by atoms with van der Waals surface area (Å²) in [7, 11) is 0. The van der Waals surface area contributed by atoms with Gasteiger partial charge in [0.25, 0.3) is 0 Å². The van der Waals surface area contributed by atoms with Gasteiger partial charge < -0.3 is 9.80 Å². The number of amides is 2. The molecule has 0 saturated carbocycles. The second-order valence-corrected chi connectivity index (χ2v) is 7.01. The molecule has 2 amide bonds. The summed E-state index contributed by atoms with van der Waals surface area (Å²) in [5, 5.41) is 1.91. The van der Waals surface area contributed by atoms with Gasteiger partial charge in [0.05, 0.1) is 17.7 Å². The van der Waals surface area contributed by atoms with Crippen LogP contribution in [0, 0.1) is 0 Å². The molecule has 0 aliphatic carbocycles. The van der Waals surface area contributed by atoms with E-state index < -0.39 is 0 Å². The van der Waals surface area contributed by atoms with Gasteiger partial charge in [-0.25, -0.2) is 4.98 Å². The number of aromatic nitrogens is 1. The second-order valence-electron chi connectivity index (χ2n) is 6.29. The fourth-order valence-corrected chi connectivity index (χ4v) is 3.70. The summed E-state index contributed by atoms with van der Waals surface area (Å²) in [5.41, 5.74) is 2.58. The number of likely N-dealkylation sites (tertiary alicyclic amines) is 1. The van der Waals surface area contributed by atoms with Crippen LogP contribution in [0.25, 0.3) is 6.08 Å². The number of carbonyl (C=O) groups excluding carboxylic acids is 2. The van der Waals surface area contributed by atoms with Crippen LogP contribution >= 0.6 is 11.3 Å². The van der Waals surface area contributed by atoms with E-state index in [0.717, 1.165) is 57.7 Å². The van der Waals surface area contributed by atoms with E-state index in [1.807, 2.05) is 15.2 Å². The summed E-state index contributed by atoms with van der Waals surface area (Å²) < 4.78 is 0. The first-order valence-corrected chi connectivity index (χ1v) is 9.52. The Labute approximate surface area is 146 Å². The minimum absolute atomic E-state index is 0.0238. The fourth-order valence-electron chi connectivity index (χ4n) is 3.17. The Morgan fingerprint density at radius 1 is 1.04 bits per heavy atom. The topological polar surface area (TPSA) is 56.8 Å². The number of rotatable bonds is 4. The highest BCUT2D eigenvalue weighted by molar-refractivity contribution is 7.07. The minimum atomic E-state index is 0.0238. The lowest BCUT2D eigenvalue weighted by molar-refractivity contribution is -0.131. The molecule has 3 heterocycles. The molecule has 1 aromatic rings. The monoisotopic (exact) mass is 348 g/mol. The van der Waals surface area contributed by atoms with Gasteiger partial charge in [-0.15, -0.1) is 11.3 Å². The molecule has 0 aromatic carbocycles. The van der Waals surface area contributed by atoms with Crippen molar-refractivity contribution in [2.45, 2.75) is 19.3 Å². The minimum Gasteiger partial charge on any atom is -0.342 e. The van der Waals surface area contributed by atoms with Gasteiger partial charge in [0.2, 0.25) is 11.8 Å². The molecule has 0 unspecified atom stereocenters. The molecule has 3 rings (SSSR count). The van der Waals surface area contributed by atoms with Gasteiger partial charge in [0.1, 0.15) is 0 Å². The van der Waals surface area contributed by atoms with Crippen molar-refractivity contribution in [2.24, 2.45) is 0 Å². The third-order valence-corrected chi connectivity index (χ3v) is 5.17. The van der Waals surface area contributed by atoms with Gasteiger partial charge in [0, 0.05) is 50.7 Å². The van der Waals surface area contributed by atoms with E-state index >= 15 is 0 Å². The molecule has 2 saturated heterocycles. The summed E-state index contributed by atoms with van der Waals surface area (Å²) in [6.45, 7) is 5.34. The van der Waals surface area contributed by atoms with Crippen molar-refractivity contribution >= 4 is 29.2 Å². The van der Waals surface area contributed by atoms with Crippen molar-refractivity contribution < 1.29 is 9.59 Å². The predicted molar refractivity (Wildman–Crippen MR) is 94.6 cm³/mol. The number of carbonyl (C=O) groups is 2. The van der Waals surface area contributed by atoms with E-state index in [4.69, 9.17) is 0 Å². The van der Waals surface area contributed by atoms with Crippen LogP contribution in [0.1, 0.15) is 25.0 Å². The molecular formula is C17H24N4O2S. The summed E-state index contributed by atoms with van der Waals surface area (Å²) in [6.07, 6.45) is 6.51. The molecule has 0 spiro atoms. The number of hydrogen-bond acceptors (Lipinski definition) is 5. The highest BCUT2D eigenvalue weighted by Gasteiger charge is 2.23. The second kappa shape index (κ2) is 8.39. The van der Waals surface area contributed by atoms with Crippen molar-refractivity contribution in [1.29, 1.82) is 0 Å². The zero-order chi connectivity index (χ0) is 16.8. The number of nitrogens with zero attached hydrogens (tertiary/aromatic N) is 4. The van der Waals surface area contributed by atoms with Gasteiger partial charge in [-0.2, -0.15) is 0 Å². The molecule has 0 N–H and O–H groups in total. The van der Waals surface area contributed by atoms with Crippen LogP contribution < -0.4 is 0 Å². The van der Waals surface area contributed by atoms with Crippen LogP contribution in [0.15, 0.2) is 17.0 Å². The van der Waals surface area contributed by atoms with E-state index in [-0.39, 0.29) is 11.8 Å². The SMILES string of the molecule is O=C(/C=C/c1cscn1)N1CCCN(CC(=O)N2CCCC2)CC1. The predicted octanol–water partition coefficient (Wildman–Crippen LogP) is 1.31. The number of thiazole rings is 1. The molecule has 24 heavy (non-hydrogen) atoms. The molecule has 0 atom stereocenters. The van der Waals surface area contributed by atoms with Crippen molar-refractivity contribution in [3.63, 3.8) is 0 Å². The first-order valence-electron chi connectivity index (χ1n) is 8.58. The van der Waals surface area contributed by atoms with Gasteiger partial charge in [-0.3, -0.25) is 14.5 Å². The summed E-state index contributed by atoms with van der Waals surface area (Å²) in [5.74, 6) is 0.256. The van der Waals surface area contributed by atoms with Crippen LogP contribution in [0.3, 0.4) is 0 Å². The van der Waals surface area contributed by atoms with E-state index in [1.165, 1.54) is 11.3 Å². The summed E-state index contributed by atoms with van der Waals surface area (Å²) in [6, 6.07) is 0. The van der Waals surface area contributed by atoms with Crippen molar-refractivity contribution in [3.8, 4) is 0 Å². The van der Waals surface area contributed by atoms with Gasteiger partial charge in [0.15, 0.2) is 0 Å². The number of hydrogen-bond donors (Lipinski definition) is 0. The average Bonchev–Trinajstić information content (AvgIpc) is 3.24. The van der Waals surface area contributed by atoms with Gasteiger partial charge in [-0.05, 0) is 25.3 Å². The Morgan fingerprint density at radius 3 is 2.58 bits per heavy atom. The highest BCUT2D eigenvalue weighted by Crippen LogP contribution is 2.10. The molecule has 130 valence electrons.